The first kappa shape index (κ1) is 18.4. The van der Waals surface area contributed by atoms with Crippen molar-refractivity contribution in [2.45, 2.75) is 6.61 Å². The van der Waals surface area contributed by atoms with E-state index in [0.717, 1.165) is 16.2 Å². The number of ether oxygens (including phenoxy) is 2. The van der Waals surface area contributed by atoms with Gasteiger partial charge >= 0.3 is 5.97 Å². The van der Waals surface area contributed by atoms with Gasteiger partial charge in [-0.2, -0.15) is 0 Å². The second-order valence-electron chi connectivity index (χ2n) is 6.46. The molecule has 0 fully saturated rings. The third-order valence-electron chi connectivity index (χ3n) is 4.68. The maximum absolute atomic E-state index is 12.5. The first-order valence-corrected chi connectivity index (χ1v) is 8.96. The quantitative estimate of drug-likeness (QED) is 0.491. The number of benzene rings is 3. The second kappa shape index (κ2) is 7.59. The Morgan fingerprint density at radius 1 is 0.828 bits per heavy atom. The maximum Gasteiger partial charge on any atom is 0.338 e. The monoisotopic (exact) mass is 387 g/mol. The zero-order valence-corrected chi connectivity index (χ0v) is 15.6. The molecule has 6 heteroatoms. The van der Waals surface area contributed by atoms with Gasteiger partial charge in [0, 0.05) is 0 Å². The number of rotatable bonds is 5. The largest absolute Gasteiger partial charge is 0.497 e. The van der Waals surface area contributed by atoms with Crippen molar-refractivity contribution in [2.24, 2.45) is 0 Å². The Morgan fingerprint density at radius 2 is 1.41 bits per heavy atom. The van der Waals surface area contributed by atoms with E-state index in [2.05, 4.69) is 0 Å². The van der Waals surface area contributed by atoms with E-state index in [0.29, 0.717) is 22.4 Å². The highest BCUT2D eigenvalue weighted by atomic mass is 16.5. The molecule has 0 aliphatic carbocycles. The molecule has 0 N–H and O–H groups in total. The zero-order valence-electron chi connectivity index (χ0n) is 15.6. The molecule has 0 unspecified atom stereocenters. The van der Waals surface area contributed by atoms with E-state index in [1.807, 2.05) is 12.1 Å². The lowest BCUT2D eigenvalue weighted by Crippen LogP contribution is -2.29. The third kappa shape index (κ3) is 3.48. The molecule has 3 aromatic rings. The topological polar surface area (TPSA) is 72.9 Å². The predicted octanol–water partition coefficient (Wildman–Crippen LogP) is 3.85. The van der Waals surface area contributed by atoms with E-state index in [1.165, 1.54) is 12.1 Å². The molecule has 0 spiro atoms. The van der Waals surface area contributed by atoms with Crippen molar-refractivity contribution >= 4 is 23.5 Å². The average molecular weight is 387 g/mol. The molecule has 0 radical (unpaired) electrons. The molecule has 144 valence electrons. The van der Waals surface area contributed by atoms with Gasteiger partial charge < -0.3 is 9.47 Å². The van der Waals surface area contributed by atoms with Gasteiger partial charge in [0.1, 0.15) is 12.4 Å². The van der Waals surface area contributed by atoms with Crippen molar-refractivity contribution in [3.8, 4) is 5.75 Å². The van der Waals surface area contributed by atoms with Crippen LogP contribution in [0.25, 0.3) is 0 Å². The Hall–Kier alpha value is -3.93. The Bertz CT molecular complexity index is 1050. The number of nitrogens with zero attached hydrogens (tertiary/aromatic N) is 1. The van der Waals surface area contributed by atoms with E-state index < -0.39 is 5.97 Å². The fourth-order valence-corrected chi connectivity index (χ4v) is 3.12. The Labute approximate surface area is 167 Å². The van der Waals surface area contributed by atoms with Crippen LogP contribution in [0.5, 0.6) is 5.75 Å². The Kier molecular flexibility index (Phi) is 4.83. The van der Waals surface area contributed by atoms with Crippen LogP contribution in [0.1, 0.15) is 36.6 Å². The van der Waals surface area contributed by atoms with Gasteiger partial charge in [-0.25, -0.2) is 9.69 Å². The zero-order chi connectivity index (χ0) is 20.4. The van der Waals surface area contributed by atoms with Crippen LogP contribution in [0.3, 0.4) is 0 Å². The summed E-state index contributed by atoms with van der Waals surface area (Å²) in [5.41, 5.74) is 2.32. The van der Waals surface area contributed by atoms with Crippen LogP contribution in [-0.4, -0.2) is 24.9 Å². The molecule has 0 saturated carbocycles. The minimum Gasteiger partial charge on any atom is -0.497 e. The lowest BCUT2D eigenvalue weighted by Gasteiger charge is -2.14. The molecular formula is C23H17NO5. The summed E-state index contributed by atoms with van der Waals surface area (Å²) in [6.07, 6.45) is 0. The van der Waals surface area contributed by atoms with Crippen LogP contribution in [0.2, 0.25) is 0 Å². The minimum atomic E-state index is -0.491. The number of anilines is 1. The van der Waals surface area contributed by atoms with Crippen LogP contribution in [0.15, 0.2) is 72.8 Å². The lowest BCUT2D eigenvalue weighted by molar-refractivity contribution is 0.0472. The van der Waals surface area contributed by atoms with Crippen molar-refractivity contribution in [1.29, 1.82) is 0 Å². The normalized spacial score (nSPS) is 12.7. The fraction of sp³-hybridized carbons (Fsp3) is 0.0870. The average Bonchev–Trinajstić information content (AvgIpc) is 3.03. The molecule has 1 aliphatic heterocycles. The summed E-state index contributed by atoms with van der Waals surface area (Å²) in [5, 5.41) is 0. The molecule has 3 aromatic carbocycles. The molecule has 4 rings (SSSR count). The summed E-state index contributed by atoms with van der Waals surface area (Å²) in [6, 6.07) is 20.1. The fourth-order valence-electron chi connectivity index (χ4n) is 3.12. The van der Waals surface area contributed by atoms with Gasteiger partial charge in [-0.05, 0) is 54.1 Å². The number of methoxy groups -OCH3 is 1. The standard InChI is InChI=1S/C23H17NO5/c1-28-18-12-6-15(7-13-18)14-29-23(27)16-8-10-17(11-9-16)24-21(25)19-4-2-3-5-20(19)22(24)26/h2-13H,14H2,1H3. The van der Waals surface area contributed by atoms with Crippen LogP contribution in [-0.2, 0) is 11.3 Å². The van der Waals surface area contributed by atoms with Crippen molar-refractivity contribution in [2.75, 3.05) is 12.0 Å². The van der Waals surface area contributed by atoms with E-state index in [1.54, 1.807) is 55.6 Å². The number of esters is 1. The molecule has 1 aliphatic rings. The van der Waals surface area contributed by atoms with Gasteiger partial charge in [0.15, 0.2) is 0 Å². The Balaban J connectivity index is 1.44. The number of hydrogen-bond acceptors (Lipinski definition) is 5. The summed E-state index contributed by atoms with van der Waals surface area (Å²) in [4.78, 5) is 38.5. The molecule has 0 saturated heterocycles. The molecule has 2 amide bonds. The summed E-state index contributed by atoms with van der Waals surface area (Å²) < 4.78 is 10.4. The maximum atomic E-state index is 12.5. The van der Waals surface area contributed by atoms with E-state index in [-0.39, 0.29) is 18.4 Å². The number of carbonyl (C=O) groups excluding carboxylic acids is 3. The SMILES string of the molecule is COc1ccc(COC(=O)c2ccc(N3C(=O)c4ccccc4C3=O)cc2)cc1. The summed E-state index contributed by atoms with van der Waals surface area (Å²) in [6.45, 7) is 0.128. The van der Waals surface area contributed by atoms with Crippen LogP contribution in [0.4, 0.5) is 5.69 Å². The highest BCUT2D eigenvalue weighted by Gasteiger charge is 2.36. The number of imide groups is 1. The first-order chi connectivity index (χ1) is 14.1. The van der Waals surface area contributed by atoms with Gasteiger partial charge in [-0.1, -0.05) is 24.3 Å². The van der Waals surface area contributed by atoms with Crippen molar-refractivity contribution in [3.05, 3.63) is 95.1 Å². The minimum absolute atomic E-state index is 0.128. The van der Waals surface area contributed by atoms with E-state index in [4.69, 9.17) is 9.47 Å². The van der Waals surface area contributed by atoms with E-state index >= 15 is 0 Å². The first-order valence-electron chi connectivity index (χ1n) is 8.96. The van der Waals surface area contributed by atoms with Crippen molar-refractivity contribution < 1.29 is 23.9 Å². The van der Waals surface area contributed by atoms with Gasteiger partial charge in [-0.15, -0.1) is 0 Å². The molecule has 0 aromatic heterocycles. The molecule has 1 heterocycles. The molecule has 0 bridgehead atoms. The highest BCUT2D eigenvalue weighted by molar-refractivity contribution is 6.34. The molecule has 0 atom stereocenters. The second-order valence-corrected chi connectivity index (χ2v) is 6.46. The van der Waals surface area contributed by atoms with Gasteiger partial charge in [0.2, 0.25) is 0 Å². The lowest BCUT2D eigenvalue weighted by atomic mass is 10.1. The Morgan fingerprint density at radius 3 is 1.97 bits per heavy atom. The summed E-state index contributed by atoms with van der Waals surface area (Å²) in [7, 11) is 1.58. The van der Waals surface area contributed by atoms with Crippen molar-refractivity contribution in [3.63, 3.8) is 0 Å². The number of hydrogen-bond donors (Lipinski definition) is 0. The number of carbonyl (C=O) groups is 3. The van der Waals surface area contributed by atoms with Crippen LogP contribution < -0.4 is 9.64 Å². The van der Waals surface area contributed by atoms with Crippen molar-refractivity contribution in [1.82, 2.24) is 0 Å². The number of amides is 2. The highest BCUT2D eigenvalue weighted by Crippen LogP contribution is 2.28. The van der Waals surface area contributed by atoms with E-state index in [9.17, 15) is 14.4 Å². The number of fused-ring (bicyclic) bond motifs is 1. The van der Waals surface area contributed by atoms with Gasteiger partial charge in [0.25, 0.3) is 11.8 Å². The molecule has 29 heavy (non-hydrogen) atoms. The van der Waals surface area contributed by atoms with Crippen LogP contribution >= 0.6 is 0 Å². The smallest absolute Gasteiger partial charge is 0.338 e. The van der Waals surface area contributed by atoms with Gasteiger partial charge in [-0.3, -0.25) is 9.59 Å². The molecule has 6 nitrogen and oxygen atoms in total. The van der Waals surface area contributed by atoms with Crippen LogP contribution in [0, 0.1) is 0 Å². The summed E-state index contributed by atoms with van der Waals surface area (Å²) in [5.74, 6) is -0.514. The van der Waals surface area contributed by atoms with Gasteiger partial charge in [0.05, 0.1) is 29.5 Å². The third-order valence-corrected chi connectivity index (χ3v) is 4.68. The summed E-state index contributed by atoms with van der Waals surface area (Å²) >= 11 is 0. The predicted molar refractivity (Wildman–Crippen MR) is 106 cm³/mol. The molecular weight excluding hydrogens is 370 g/mol.